The quantitative estimate of drug-likeness (QED) is 0.588. The first-order chi connectivity index (χ1) is 6.28. The molecule has 0 amide bonds. The van der Waals surface area contributed by atoms with E-state index in [-0.39, 0.29) is 6.61 Å². The number of aliphatic hydroxyl groups excluding tert-OH is 1. The van der Waals surface area contributed by atoms with Gasteiger partial charge in [0.1, 0.15) is 0 Å². The fourth-order valence-electron chi connectivity index (χ4n) is 1.49. The predicted molar refractivity (Wildman–Crippen MR) is 57.0 cm³/mol. The zero-order chi connectivity index (χ0) is 10.1. The Hall–Kier alpha value is -0.120. The highest BCUT2D eigenvalue weighted by Crippen LogP contribution is 1.97. The van der Waals surface area contributed by atoms with Gasteiger partial charge in [-0.2, -0.15) is 0 Å². The average molecular weight is 188 g/mol. The normalized spacial score (nSPS) is 13.6. The molecule has 3 nitrogen and oxygen atoms in total. The van der Waals surface area contributed by atoms with Crippen molar-refractivity contribution in [1.29, 1.82) is 0 Å². The maximum absolute atomic E-state index is 8.82. The van der Waals surface area contributed by atoms with Crippen LogP contribution in [0.4, 0.5) is 0 Å². The molecule has 0 radical (unpaired) electrons. The lowest BCUT2D eigenvalue weighted by molar-refractivity contribution is 0.218. The van der Waals surface area contributed by atoms with Gasteiger partial charge in [0.15, 0.2) is 0 Å². The molecule has 0 fully saturated rings. The Kier molecular flexibility index (Phi) is 8.40. The summed E-state index contributed by atoms with van der Waals surface area (Å²) < 4.78 is 0. The van der Waals surface area contributed by atoms with Crippen LogP contribution >= 0.6 is 0 Å². The summed E-state index contributed by atoms with van der Waals surface area (Å²) >= 11 is 0. The van der Waals surface area contributed by atoms with Gasteiger partial charge in [0.25, 0.3) is 0 Å². The van der Waals surface area contributed by atoms with E-state index in [1.165, 1.54) is 6.42 Å². The minimum atomic E-state index is 0.273. The van der Waals surface area contributed by atoms with Crippen LogP contribution in [0.5, 0.6) is 0 Å². The molecule has 0 aliphatic carbocycles. The number of rotatable bonds is 8. The van der Waals surface area contributed by atoms with Gasteiger partial charge in [-0.25, -0.2) is 0 Å². The van der Waals surface area contributed by atoms with Gasteiger partial charge in [-0.05, 0) is 33.0 Å². The highest BCUT2D eigenvalue weighted by molar-refractivity contribution is 4.69. The molecule has 0 aromatic heterocycles. The summed E-state index contributed by atoms with van der Waals surface area (Å²) in [6.07, 6.45) is 2.04. The summed E-state index contributed by atoms with van der Waals surface area (Å²) in [7, 11) is 1.96. The van der Waals surface area contributed by atoms with E-state index < -0.39 is 0 Å². The van der Waals surface area contributed by atoms with E-state index in [9.17, 15) is 0 Å². The Balaban J connectivity index is 3.73. The van der Waals surface area contributed by atoms with Crippen molar-refractivity contribution in [2.75, 3.05) is 33.3 Å². The first-order valence-corrected chi connectivity index (χ1v) is 5.28. The Labute approximate surface area is 82.1 Å². The summed E-state index contributed by atoms with van der Waals surface area (Å²) in [5, 5.41) is 12.0. The molecule has 0 aliphatic rings. The largest absolute Gasteiger partial charge is 0.396 e. The Morgan fingerprint density at radius 3 is 2.46 bits per heavy atom. The minimum absolute atomic E-state index is 0.273. The molecule has 0 aliphatic heterocycles. The smallest absolute Gasteiger partial charge is 0.0446 e. The van der Waals surface area contributed by atoms with E-state index >= 15 is 0 Å². The molecule has 0 rings (SSSR count). The summed E-state index contributed by atoms with van der Waals surface area (Å²) in [6, 6.07) is 0.427. The van der Waals surface area contributed by atoms with Gasteiger partial charge in [-0.1, -0.05) is 13.8 Å². The number of hydrogen-bond donors (Lipinski definition) is 2. The van der Waals surface area contributed by atoms with Crippen LogP contribution in [0.2, 0.25) is 0 Å². The van der Waals surface area contributed by atoms with E-state index in [2.05, 4.69) is 24.1 Å². The summed E-state index contributed by atoms with van der Waals surface area (Å²) in [6.45, 7) is 7.94. The molecular weight excluding hydrogens is 164 g/mol. The molecule has 80 valence electrons. The molecular formula is C10H24N2O. The summed E-state index contributed by atoms with van der Waals surface area (Å²) in [4.78, 5) is 2.41. The fourth-order valence-corrected chi connectivity index (χ4v) is 1.49. The number of likely N-dealkylation sites (N-methyl/N-ethyl adjacent to an activating group) is 2. The molecule has 1 atom stereocenters. The zero-order valence-electron chi connectivity index (χ0n) is 9.21. The first kappa shape index (κ1) is 12.9. The third-order valence-corrected chi connectivity index (χ3v) is 2.35. The second-order valence-corrected chi connectivity index (χ2v) is 3.39. The minimum Gasteiger partial charge on any atom is -0.396 e. The molecule has 13 heavy (non-hydrogen) atoms. The van der Waals surface area contributed by atoms with Gasteiger partial charge in [-0.15, -0.1) is 0 Å². The summed E-state index contributed by atoms with van der Waals surface area (Å²) in [5.41, 5.74) is 0. The van der Waals surface area contributed by atoms with Crippen molar-refractivity contribution in [3.63, 3.8) is 0 Å². The van der Waals surface area contributed by atoms with Crippen LogP contribution in [-0.4, -0.2) is 49.3 Å². The number of aliphatic hydroxyl groups is 1. The zero-order valence-corrected chi connectivity index (χ0v) is 9.21. The highest BCUT2D eigenvalue weighted by atomic mass is 16.3. The molecule has 0 bridgehead atoms. The number of nitrogens with one attached hydrogen (secondary N) is 1. The van der Waals surface area contributed by atoms with E-state index in [1.54, 1.807) is 0 Å². The van der Waals surface area contributed by atoms with Gasteiger partial charge >= 0.3 is 0 Å². The van der Waals surface area contributed by atoms with E-state index in [1.807, 2.05) is 7.05 Å². The molecule has 0 aromatic rings. The van der Waals surface area contributed by atoms with E-state index in [4.69, 9.17) is 5.11 Å². The van der Waals surface area contributed by atoms with Crippen LogP contribution < -0.4 is 5.32 Å². The van der Waals surface area contributed by atoms with Gasteiger partial charge in [0, 0.05) is 19.2 Å². The molecule has 0 aromatic carbocycles. The van der Waals surface area contributed by atoms with Gasteiger partial charge in [-0.3, -0.25) is 0 Å². The molecule has 2 N–H and O–H groups in total. The fraction of sp³-hybridized carbons (Fsp3) is 1.00. The Morgan fingerprint density at radius 2 is 2.08 bits per heavy atom. The topological polar surface area (TPSA) is 35.5 Å². The third kappa shape index (κ3) is 6.02. The second kappa shape index (κ2) is 8.48. The SMILES string of the molecule is CCCN(CC)CC(CCO)NC. The molecule has 0 heterocycles. The molecule has 1 unspecified atom stereocenters. The van der Waals surface area contributed by atoms with Gasteiger partial charge < -0.3 is 15.3 Å². The summed E-state index contributed by atoms with van der Waals surface area (Å²) in [5.74, 6) is 0. The van der Waals surface area contributed by atoms with Crippen LogP contribution in [-0.2, 0) is 0 Å². The van der Waals surface area contributed by atoms with Crippen LogP contribution in [0.15, 0.2) is 0 Å². The van der Waals surface area contributed by atoms with Crippen LogP contribution in [0.1, 0.15) is 26.7 Å². The van der Waals surface area contributed by atoms with Gasteiger partial charge in [0.2, 0.25) is 0 Å². The standard InChI is InChI=1S/C10H24N2O/c1-4-7-12(5-2)9-10(11-3)6-8-13/h10-11,13H,4-9H2,1-3H3. The van der Waals surface area contributed by atoms with Crippen molar-refractivity contribution in [2.24, 2.45) is 0 Å². The maximum Gasteiger partial charge on any atom is 0.0446 e. The van der Waals surface area contributed by atoms with E-state index in [0.29, 0.717) is 6.04 Å². The van der Waals surface area contributed by atoms with Crippen molar-refractivity contribution >= 4 is 0 Å². The molecule has 0 spiro atoms. The van der Waals surface area contributed by atoms with Crippen molar-refractivity contribution in [3.8, 4) is 0 Å². The Bertz CT molecular complexity index is 97.1. The second-order valence-electron chi connectivity index (χ2n) is 3.39. The third-order valence-electron chi connectivity index (χ3n) is 2.35. The highest BCUT2D eigenvalue weighted by Gasteiger charge is 2.09. The number of nitrogens with zero attached hydrogens (tertiary/aromatic N) is 1. The van der Waals surface area contributed by atoms with Crippen molar-refractivity contribution in [3.05, 3.63) is 0 Å². The Morgan fingerprint density at radius 1 is 1.38 bits per heavy atom. The van der Waals surface area contributed by atoms with Crippen molar-refractivity contribution < 1.29 is 5.11 Å². The lowest BCUT2D eigenvalue weighted by Gasteiger charge is -2.25. The van der Waals surface area contributed by atoms with Crippen molar-refractivity contribution in [1.82, 2.24) is 10.2 Å². The van der Waals surface area contributed by atoms with Crippen LogP contribution in [0, 0.1) is 0 Å². The monoisotopic (exact) mass is 188 g/mol. The van der Waals surface area contributed by atoms with E-state index in [0.717, 1.165) is 26.1 Å². The lowest BCUT2D eigenvalue weighted by Crippen LogP contribution is -2.40. The lowest BCUT2D eigenvalue weighted by atomic mass is 10.2. The first-order valence-electron chi connectivity index (χ1n) is 5.28. The van der Waals surface area contributed by atoms with Crippen LogP contribution in [0.3, 0.4) is 0 Å². The van der Waals surface area contributed by atoms with Gasteiger partial charge in [0.05, 0.1) is 0 Å². The van der Waals surface area contributed by atoms with Crippen molar-refractivity contribution in [2.45, 2.75) is 32.7 Å². The van der Waals surface area contributed by atoms with Crippen LogP contribution in [0.25, 0.3) is 0 Å². The average Bonchev–Trinajstić information content (AvgIpc) is 2.16. The predicted octanol–water partition coefficient (Wildman–Crippen LogP) is 0.689. The molecule has 3 heteroatoms. The molecule has 0 saturated carbocycles. The maximum atomic E-state index is 8.82. The molecule has 0 saturated heterocycles. The number of hydrogen-bond acceptors (Lipinski definition) is 3.